The van der Waals surface area contributed by atoms with Crippen LogP contribution in [0, 0.1) is 0 Å². The molecule has 2 rings (SSSR count). The first-order chi connectivity index (χ1) is 12.7. The van der Waals surface area contributed by atoms with Crippen LogP contribution in [0.1, 0.15) is 52.0 Å². The zero-order valence-electron chi connectivity index (χ0n) is 16.6. The maximum absolute atomic E-state index is 11.9. The van der Waals surface area contributed by atoms with Crippen molar-refractivity contribution in [1.82, 2.24) is 10.6 Å². The molecule has 1 aliphatic rings. The second kappa shape index (κ2) is 9.44. The van der Waals surface area contributed by atoms with E-state index in [-0.39, 0.29) is 12.1 Å². The number of hydrogen-bond acceptors (Lipinski definition) is 6. The fraction of sp³-hybridized carbons (Fsp3) is 0.632. The number of amides is 1. The van der Waals surface area contributed by atoms with Crippen LogP contribution in [0.15, 0.2) is 18.2 Å². The van der Waals surface area contributed by atoms with Gasteiger partial charge >= 0.3 is 13.2 Å². The van der Waals surface area contributed by atoms with E-state index < -0.39 is 12.7 Å². The highest BCUT2D eigenvalue weighted by atomic mass is 16.6. The van der Waals surface area contributed by atoms with E-state index in [2.05, 4.69) is 10.6 Å². The molecular weight excluding hydrogens is 347 g/mol. The molecule has 1 aromatic carbocycles. The van der Waals surface area contributed by atoms with E-state index in [1.165, 1.54) is 0 Å². The fourth-order valence-corrected chi connectivity index (χ4v) is 3.27. The van der Waals surface area contributed by atoms with Crippen molar-refractivity contribution in [2.24, 2.45) is 0 Å². The zero-order chi connectivity index (χ0) is 20.0. The summed E-state index contributed by atoms with van der Waals surface area (Å²) in [6.07, 6.45) is 3.33. The van der Waals surface area contributed by atoms with Crippen molar-refractivity contribution in [3.63, 3.8) is 0 Å². The number of ether oxygens (including phenoxy) is 2. The molecule has 0 unspecified atom stereocenters. The Kier molecular flexibility index (Phi) is 7.53. The zero-order valence-corrected chi connectivity index (χ0v) is 16.6. The van der Waals surface area contributed by atoms with E-state index in [1.807, 2.05) is 20.8 Å². The Bertz CT molecular complexity index is 625. The topological polar surface area (TPSA) is 100 Å². The van der Waals surface area contributed by atoms with E-state index in [0.29, 0.717) is 23.8 Å². The highest BCUT2D eigenvalue weighted by Crippen LogP contribution is 2.21. The summed E-state index contributed by atoms with van der Waals surface area (Å²) in [7, 11) is 0.102. The number of rotatable bonds is 6. The lowest BCUT2D eigenvalue weighted by molar-refractivity contribution is 0.0489. The molecule has 0 saturated heterocycles. The standard InChI is InChI=1S/C19H31BN2O5/c1-19(2,3)27-18(23)22-16-8-6-15(7-9-16)21-12-13-11-14(20(24)25)5-10-17(13)26-4/h5,10-11,15-16,21,24-25H,6-9,12H2,1-4H3,(H,22,23)/t15-,16-. The van der Waals surface area contributed by atoms with Gasteiger partial charge in [0.1, 0.15) is 11.4 Å². The first-order valence-corrected chi connectivity index (χ1v) is 9.44. The van der Waals surface area contributed by atoms with Gasteiger partial charge in [-0.15, -0.1) is 0 Å². The minimum Gasteiger partial charge on any atom is -0.496 e. The molecular formula is C19H31BN2O5. The van der Waals surface area contributed by atoms with Gasteiger partial charge in [-0.2, -0.15) is 0 Å². The van der Waals surface area contributed by atoms with Crippen LogP contribution in [0.25, 0.3) is 0 Å². The number of carbonyl (C=O) groups excluding carboxylic acids is 1. The maximum atomic E-state index is 11.9. The summed E-state index contributed by atoms with van der Waals surface area (Å²) in [6, 6.07) is 5.61. The lowest BCUT2D eigenvalue weighted by Crippen LogP contribution is -2.43. The van der Waals surface area contributed by atoms with Crippen LogP contribution in [0.4, 0.5) is 4.79 Å². The number of hydrogen-bond donors (Lipinski definition) is 4. The third-order valence-electron chi connectivity index (χ3n) is 4.63. The number of nitrogens with one attached hydrogen (secondary N) is 2. The number of carbonyl (C=O) groups is 1. The third kappa shape index (κ3) is 7.05. The summed E-state index contributed by atoms with van der Waals surface area (Å²) in [5, 5.41) is 25.1. The van der Waals surface area contributed by atoms with E-state index >= 15 is 0 Å². The summed E-state index contributed by atoms with van der Waals surface area (Å²) < 4.78 is 10.7. The van der Waals surface area contributed by atoms with E-state index in [4.69, 9.17) is 9.47 Å². The average molecular weight is 378 g/mol. The van der Waals surface area contributed by atoms with Crippen LogP contribution in [0.2, 0.25) is 0 Å². The fourth-order valence-electron chi connectivity index (χ4n) is 3.27. The first kappa shape index (κ1) is 21.5. The van der Waals surface area contributed by atoms with Crippen LogP contribution in [0.3, 0.4) is 0 Å². The van der Waals surface area contributed by atoms with Gasteiger partial charge in [0.15, 0.2) is 0 Å². The summed E-state index contributed by atoms with van der Waals surface area (Å²) in [5.74, 6) is 0.715. The SMILES string of the molecule is COc1ccc(B(O)O)cc1CN[C@H]1CC[C@H](NC(=O)OC(C)(C)C)CC1. The van der Waals surface area contributed by atoms with Crippen molar-refractivity contribution in [2.75, 3.05) is 7.11 Å². The van der Waals surface area contributed by atoms with Crippen molar-refractivity contribution in [3.05, 3.63) is 23.8 Å². The molecule has 1 aromatic rings. The van der Waals surface area contributed by atoms with Crippen molar-refractivity contribution >= 4 is 18.7 Å². The first-order valence-electron chi connectivity index (χ1n) is 9.44. The lowest BCUT2D eigenvalue weighted by atomic mass is 9.79. The third-order valence-corrected chi connectivity index (χ3v) is 4.63. The number of alkyl carbamates (subject to hydrolysis) is 1. The van der Waals surface area contributed by atoms with Crippen LogP contribution in [-0.2, 0) is 11.3 Å². The summed E-state index contributed by atoms with van der Waals surface area (Å²) in [6.45, 7) is 6.14. The molecule has 0 bridgehead atoms. The van der Waals surface area contributed by atoms with Crippen molar-refractivity contribution in [2.45, 2.75) is 70.7 Å². The molecule has 1 fully saturated rings. The summed E-state index contributed by atoms with van der Waals surface area (Å²) in [5.41, 5.74) is 0.841. The average Bonchev–Trinajstić information content (AvgIpc) is 2.59. The lowest BCUT2D eigenvalue weighted by Gasteiger charge is -2.30. The minimum atomic E-state index is -1.50. The van der Waals surface area contributed by atoms with Crippen molar-refractivity contribution in [1.29, 1.82) is 0 Å². The highest BCUT2D eigenvalue weighted by molar-refractivity contribution is 6.58. The van der Waals surface area contributed by atoms with Gasteiger partial charge in [0.25, 0.3) is 0 Å². The largest absolute Gasteiger partial charge is 0.496 e. The van der Waals surface area contributed by atoms with Gasteiger partial charge < -0.3 is 30.2 Å². The molecule has 0 atom stereocenters. The maximum Gasteiger partial charge on any atom is 0.488 e. The molecule has 0 aliphatic heterocycles. The van der Waals surface area contributed by atoms with Crippen LogP contribution in [-0.4, -0.2) is 48.1 Å². The molecule has 4 N–H and O–H groups in total. The molecule has 150 valence electrons. The molecule has 0 heterocycles. The van der Waals surface area contributed by atoms with E-state index in [0.717, 1.165) is 31.2 Å². The van der Waals surface area contributed by atoms with Gasteiger partial charge in [-0.05, 0) is 58.0 Å². The Hall–Kier alpha value is -1.77. The quantitative estimate of drug-likeness (QED) is 0.557. The second-order valence-corrected chi connectivity index (χ2v) is 8.02. The van der Waals surface area contributed by atoms with Crippen LogP contribution < -0.4 is 20.8 Å². The monoisotopic (exact) mass is 378 g/mol. The van der Waals surface area contributed by atoms with Crippen molar-refractivity contribution in [3.8, 4) is 5.75 Å². The van der Waals surface area contributed by atoms with Crippen LogP contribution >= 0.6 is 0 Å². The molecule has 0 radical (unpaired) electrons. The van der Waals surface area contributed by atoms with Gasteiger partial charge in [0.05, 0.1) is 7.11 Å². The number of methoxy groups -OCH3 is 1. The second-order valence-electron chi connectivity index (χ2n) is 8.02. The predicted molar refractivity (Wildman–Crippen MR) is 105 cm³/mol. The molecule has 1 amide bonds. The van der Waals surface area contributed by atoms with Gasteiger partial charge in [-0.3, -0.25) is 0 Å². The molecule has 0 aromatic heterocycles. The highest BCUT2D eigenvalue weighted by Gasteiger charge is 2.25. The Balaban J connectivity index is 1.81. The smallest absolute Gasteiger partial charge is 0.488 e. The molecule has 1 aliphatic carbocycles. The summed E-state index contributed by atoms with van der Waals surface area (Å²) >= 11 is 0. The Morgan fingerprint density at radius 1 is 1.19 bits per heavy atom. The van der Waals surface area contributed by atoms with Gasteiger partial charge in [0, 0.05) is 24.2 Å². The Labute approximate surface area is 161 Å². The predicted octanol–water partition coefficient (Wildman–Crippen LogP) is 1.30. The number of benzene rings is 1. The Morgan fingerprint density at radius 2 is 1.81 bits per heavy atom. The Morgan fingerprint density at radius 3 is 2.37 bits per heavy atom. The molecule has 1 saturated carbocycles. The summed E-state index contributed by atoms with van der Waals surface area (Å²) in [4.78, 5) is 11.9. The molecule has 8 heteroatoms. The minimum absolute atomic E-state index is 0.139. The normalized spacial score (nSPS) is 20.1. The van der Waals surface area contributed by atoms with E-state index in [9.17, 15) is 14.8 Å². The van der Waals surface area contributed by atoms with Gasteiger partial charge in [-0.25, -0.2) is 4.79 Å². The van der Waals surface area contributed by atoms with E-state index in [1.54, 1.807) is 25.3 Å². The molecule has 27 heavy (non-hydrogen) atoms. The van der Waals surface area contributed by atoms with Crippen LogP contribution in [0.5, 0.6) is 5.75 Å². The van der Waals surface area contributed by atoms with Crippen molar-refractivity contribution < 1.29 is 24.3 Å². The van der Waals surface area contributed by atoms with Gasteiger partial charge in [-0.1, -0.05) is 12.1 Å². The molecule has 0 spiro atoms. The van der Waals surface area contributed by atoms with Gasteiger partial charge in [0.2, 0.25) is 0 Å². The molecule has 7 nitrogen and oxygen atoms in total.